The fourth-order valence-corrected chi connectivity index (χ4v) is 4.42. The third-order valence-corrected chi connectivity index (χ3v) is 6.08. The molecule has 2 aliphatic heterocycles. The largest absolute Gasteiger partial charge is 0.370 e. The lowest BCUT2D eigenvalue weighted by atomic mass is 9.96. The van der Waals surface area contributed by atoms with Crippen molar-refractivity contribution in [3.63, 3.8) is 0 Å². The molecule has 0 atom stereocenters. The molecule has 0 aliphatic carbocycles. The summed E-state index contributed by atoms with van der Waals surface area (Å²) in [6.45, 7) is 5.21. The smallest absolute Gasteiger partial charge is 0.155 e. The van der Waals surface area contributed by atoms with E-state index in [0.29, 0.717) is 5.92 Å². The molecule has 0 spiro atoms. The summed E-state index contributed by atoms with van der Waals surface area (Å²) in [7, 11) is 0. The normalized spacial score (nSPS) is 19.0. The summed E-state index contributed by atoms with van der Waals surface area (Å²) >= 11 is 0. The van der Waals surface area contributed by atoms with E-state index in [2.05, 4.69) is 28.1 Å². The van der Waals surface area contributed by atoms with Gasteiger partial charge < -0.3 is 4.90 Å². The summed E-state index contributed by atoms with van der Waals surface area (Å²) in [5, 5.41) is 4.81. The summed E-state index contributed by atoms with van der Waals surface area (Å²) in [6.07, 6.45) is 6.81. The molecule has 4 heterocycles. The standard InChI is InChI=1S/C22H26FN5/c23-19-5-3-17(4-6-19)15-26-13-9-18(10-14-26)22-24-21-8-7-20(16-28(21)25-22)27-11-1-2-12-27/h3-8,16,18H,1-2,9-15H2. The topological polar surface area (TPSA) is 36.7 Å². The Morgan fingerprint density at radius 1 is 0.929 bits per heavy atom. The van der Waals surface area contributed by atoms with Crippen LogP contribution in [-0.4, -0.2) is 45.7 Å². The van der Waals surface area contributed by atoms with Crippen LogP contribution in [0.4, 0.5) is 10.1 Å². The zero-order chi connectivity index (χ0) is 18.9. The molecule has 146 valence electrons. The first-order valence-electron chi connectivity index (χ1n) is 10.3. The van der Waals surface area contributed by atoms with Crippen LogP contribution in [0.15, 0.2) is 42.6 Å². The third kappa shape index (κ3) is 3.61. The van der Waals surface area contributed by atoms with Gasteiger partial charge in [0.25, 0.3) is 0 Å². The Labute approximate surface area is 164 Å². The molecule has 0 radical (unpaired) electrons. The van der Waals surface area contributed by atoms with Crippen LogP contribution in [0.25, 0.3) is 5.65 Å². The Morgan fingerprint density at radius 3 is 2.43 bits per heavy atom. The second-order valence-corrected chi connectivity index (χ2v) is 8.03. The van der Waals surface area contributed by atoms with E-state index in [9.17, 15) is 4.39 Å². The van der Waals surface area contributed by atoms with E-state index in [-0.39, 0.29) is 5.82 Å². The highest BCUT2D eigenvalue weighted by molar-refractivity contribution is 5.51. The van der Waals surface area contributed by atoms with E-state index >= 15 is 0 Å². The molecule has 6 heteroatoms. The second-order valence-electron chi connectivity index (χ2n) is 8.03. The molecule has 3 aromatic rings. The number of likely N-dealkylation sites (tertiary alicyclic amines) is 1. The highest BCUT2D eigenvalue weighted by atomic mass is 19.1. The summed E-state index contributed by atoms with van der Waals surface area (Å²) in [6, 6.07) is 11.1. The predicted octanol–water partition coefficient (Wildman–Crippen LogP) is 3.85. The van der Waals surface area contributed by atoms with Gasteiger partial charge in [0.1, 0.15) is 5.82 Å². The molecule has 1 aromatic carbocycles. The van der Waals surface area contributed by atoms with Crippen LogP contribution in [0.3, 0.4) is 0 Å². The van der Waals surface area contributed by atoms with Crippen LogP contribution in [-0.2, 0) is 6.54 Å². The minimum atomic E-state index is -0.173. The minimum absolute atomic E-state index is 0.173. The van der Waals surface area contributed by atoms with E-state index in [4.69, 9.17) is 10.1 Å². The Morgan fingerprint density at radius 2 is 1.68 bits per heavy atom. The van der Waals surface area contributed by atoms with Gasteiger partial charge in [0, 0.05) is 25.6 Å². The van der Waals surface area contributed by atoms with Crippen LogP contribution in [0.2, 0.25) is 0 Å². The van der Waals surface area contributed by atoms with Gasteiger partial charge in [-0.25, -0.2) is 13.9 Å². The van der Waals surface area contributed by atoms with E-state index in [1.165, 1.54) is 24.1 Å². The zero-order valence-electron chi connectivity index (χ0n) is 16.1. The van der Waals surface area contributed by atoms with Crippen LogP contribution >= 0.6 is 0 Å². The van der Waals surface area contributed by atoms with Gasteiger partial charge in [0.2, 0.25) is 0 Å². The van der Waals surface area contributed by atoms with Gasteiger partial charge in [0.05, 0.1) is 11.9 Å². The molecule has 2 aromatic heterocycles. The van der Waals surface area contributed by atoms with Crippen molar-refractivity contribution in [1.82, 2.24) is 19.5 Å². The first-order chi connectivity index (χ1) is 13.7. The molecule has 0 bridgehead atoms. The lowest BCUT2D eigenvalue weighted by Gasteiger charge is -2.30. The van der Waals surface area contributed by atoms with Crippen LogP contribution in [0, 0.1) is 5.82 Å². The number of halogens is 1. The van der Waals surface area contributed by atoms with Crippen molar-refractivity contribution in [2.24, 2.45) is 0 Å². The van der Waals surface area contributed by atoms with Crippen molar-refractivity contribution >= 4 is 11.3 Å². The Hall–Kier alpha value is -2.47. The van der Waals surface area contributed by atoms with E-state index in [0.717, 1.165) is 57.0 Å². The maximum atomic E-state index is 13.1. The second kappa shape index (κ2) is 7.51. The lowest BCUT2D eigenvalue weighted by Crippen LogP contribution is -2.32. The van der Waals surface area contributed by atoms with Gasteiger partial charge in [-0.05, 0) is 68.6 Å². The van der Waals surface area contributed by atoms with Crippen molar-refractivity contribution in [1.29, 1.82) is 0 Å². The van der Waals surface area contributed by atoms with E-state index in [1.807, 2.05) is 16.6 Å². The number of fused-ring (bicyclic) bond motifs is 1. The zero-order valence-corrected chi connectivity index (χ0v) is 16.1. The first-order valence-corrected chi connectivity index (χ1v) is 10.3. The van der Waals surface area contributed by atoms with Gasteiger partial charge in [-0.1, -0.05) is 12.1 Å². The average Bonchev–Trinajstić information content (AvgIpc) is 3.39. The quantitative estimate of drug-likeness (QED) is 0.690. The third-order valence-electron chi connectivity index (χ3n) is 6.08. The van der Waals surface area contributed by atoms with Crippen LogP contribution < -0.4 is 4.90 Å². The summed E-state index contributed by atoms with van der Waals surface area (Å²) in [4.78, 5) is 9.66. The Balaban J connectivity index is 1.24. The van der Waals surface area contributed by atoms with Gasteiger partial charge in [-0.15, -0.1) is 0 Å². The molecule has 0 unspecified atom stereocenters. The molecule has 0 N–H and O–H groups in total. The molecule has 2 aliphatic rings. The number of benzene rings is 1. The van der Waals surface area contributed by atoms with Crippen molar-refractivity contribution in [2.75, 3.05) is 31.1 Å². The number of rotatable bonds is 4. The SMILES string of the molecule is Fc1ccc(CN2CCC(c3nc4ccc(N5CCCC5)cn4n3)CC2)cc1. The van der Waals surface area contributed by atoms with Crippen molar-refractivity contribution in [3.05, 3.63) is 59.8 Å². The Kier molecular flexibility index (Phi) is 4.72. The van der Waals surface area contributed by atoms with Gasteiger partial charge in [0.15, 0.2) is 11.5 Å². The molecular weight excluding hydrogens is 353 g/mol. The number of piperidine rings is 1. The number of nitrogens with zero attached hydrogens (tertiary/aromatic N) is 5. The van der Waals surface area contributed by atoms with Crippen LogP contribution in [0.1, 0.15) is 43.0 Å². The number of hydrogen-bond donors (Lipinski definition) is 0. The molecule has 2 saturated heterocycles. The molecular formula is C22H26FN5. The number of aromatic nitrogens is 3. The number of anilines is 1. The highest BCUT2D eigenvalue weighted by Crippen LogP contribution is 2.28. The fourth-order valence-electron chi connectivity index (χ4n) is 4.42. The fraction of sp³-hybridized carbons (Fsp3) is 0.455. The number of pyridine rings is 1. The van der Waals surface area contributed by atoms with Crippen molar-refractivity contribution < 1.29 is 4.39 Å². The predicted molar refractivity (Wildman–Crippen MR) is 108 cm³/mol. The maximum absolute atomic E-state index is 13.1. The van der Waals surface area contributed by atoms with Crippen molar-refractivity contribution in [3.8, 4) is 0 Å². The number of hydrogen-bond acceptors (Lipinski definition) is 4. The maximum Gasteiger partial charge on any atom is 0.155 e. The molecule has 5 rings (SSSR count). The molecule has 5 nitrogen and oxygen atoms in total. The minimum Gasteiger partial charge on any atom is -0.370 e. The van der Waals surface area contributed by atoms with Crippen LogP contribution in [0.5, 0.6) is 0 Å². The van der Waals surface area contributed by atoms with E-state index < -0.39 is 0 Å². The summed E-state index contributed by atoms with van der Waals surface area (Å²) in [5.74, 6) is 1.22. The monoisotopic (exact) mass is 379 g/mol. The van der Waals surface area contributed by atoms with Gasteiger partial charge in [-0.3, -0.25) is 4.90 Å². The van der Waals surface area contributed by atoms with Gasteiger partial charge in [-0.2, -0.15) is 5.10 Å². The lowest BCUT2D eigenvalue weighted by molar-refractivity contribution is 0.201. The highest BCUT2D eigenvalue weighted by Gasteiger charge is 2.24. The molecule has 28 heavy (non-hydrogen) atoms. The molecule has 0 amide bonds. The van der Waals surface area contributed by atoms with E-state index in [1.54, 1.807) is 12.1 Å². The first kappa shape index (κ1) is 17.6. The summed E-state index contributed by atoms with van der Waals surface area (Å²) < 4.78 is 15.0. The summed E-state index contributed by atoms with van der Waals surface area (Å²) in [5.41, 5.74) is 3.35. The molecule has 2 fully saturated rings. The average molecular weight is 379 g/mol. The van der Waals surface area contributed by atoms with Gasteiger partial charge >= 0.3 is 0 Å². The Bertz CT molecular complexity index is 937. The van der Waals surface area contributed by atoms with Crippen molar-refractivity contribution in [2.45, 2.75) is 38.1 Å². The molecule has 0 saturated carbocycles.